The van der Waals surface area contributed by atoms with Gasteiger partial charge in [0.1, 0.15) is 0 Å². The summed E-state index contributed by atoms with van der Waals surface area (Å²) in [7, 11) is 0. The van der Waals surface area contributed by atoms with Crippen molar-refractivity contribution in [3.8, 4) is 5.69 Å². The van der Waals surface area contributed by atoms with Crippen molar-refractivity contribution in [1.82, 2.24) is 15.1 Å². The first-order valence-electron chi connectivity index (χ1n) is 9.84. The molecular formula is C23H23N3O3. The van der Waals surface area contributed by atoms with Gasteiger partial charge in [0, 0.05) is 29.7 Å². The number of aromatic nitrogens is 2. The summed E-state index contributed by atoms with van der Waals surface area (Å²) in [5.74, 6) is -0.194. The smallest absolute Gasteiger partial charge is 0.269 e. The largest absolute Gasteiger partial charge is 0.351 e. The second kappa shape index (κ2) is 7.91. The Balaban J connectivity index is 1.55. The molecule has 148 valence electrons. The lowest BCUT2D eigenvalue weighted by atomic mass is 9.79. The Bertz CT molecular complexity index is 1130. The zero-order chi connectivity index (χ0) is 20.3. The van der Waals surface area contributed by atoms with Crippen LogP contribution in [0.15, 0.2) is 76.3 Å². The summed E-state index contributed by atoms with van der Waals surface area (Å²) in [6, 6.07) is 19.4. The summed E-state index contributed by atoms with van der Waals surface area (Å²) >= 11 is 0. The minimum absolute atomic E-state index is 0.0316. The number of aromatic amines is 1. The molecule has 1 heterocycles. The van der Waals surface area contributed by atoms with Crippen LogP contribution in [0.5, 0.6) is 0 Å². The average molecular weight is 389 g/mol. The van der Waals surface area contributed by atoms with Gasteiger partial charge in [0.25, 0.3) is 17.0 Å². The maximum Gasteiger partial charge on any atom is 0.269 e. The predicted octanol–water partition coefficient (Wildman–Crippen LogP) is 2.77. The molecule has 0 radical (unpaired) electrons. The molecule has 1 amide bonds. The van der Waals surface area contributed by atoms with E-state index in [9.17, 15) is 14.4 Å². The molecule has 0 saturated heterocycles. The van der Waals surface area contributed by atoms with Gasteiger partial charge >= 0.3 is 0 Å². The lowest BCUT2D eigenvalue weighted by Gasteiger charge is -2.30. The summed E-state index contributed by atoms with van der Waals surface area (Å²) in [4.78, 5) is 36.4. The zero-order valence-electron chi connectivity index (χ0n) is 16.1. The molecular weight excluding hydrogens is 366 g/mol. The third kappa shape index (κ3) is 3.92. The normalized spacial score (nSPS) is 15.2. The van der Waals surface area contributed by atoms with Crippen LogP contribution in [-0.4, -0.2) is 22.2 Å². The van der Waals surface area contributed by atoms with Gasteiger partial charge < -0.3 is 5.32 Å². The van der Waals surface area contributed by atoms with E-state index in [0.29, 0.717) is 17.8 Å². The van der Waals surface area contributed by atoms with E-state index in [1.165, 1.54) is 17.7 Å². The molecule has 6 nitrogen and oxygen atoms in total. The van der Waals surface area contributed by atoms with Crippen molar-refractivity contribution in [2.24, 2.45) is 0 Å². The monoisotopic (exact) mass is 389 g/mol. The van der Waals surface area contributed by atoms with E-state index < -0.39 is 0 Å². The molecule has 0 atom stereocenters. The van der Waals surface area contributed by atoms with Gasteiger partial charge in [-0.15, -0.1) is 0 Å². The first kappa shape index (κ1) is 18.9. The van der Waals surface area contributed by atoms with Crippen molar-refractivity contribution in [2.45, 2.75) is 31.1 Å². The Hall–Kier alpha value is -3.41. The second-order valence-corrected chi connectivity index (χ2v) is 7.57. The van der Waals surface area contributed by atoms with Gasteiger partial charge in [-0.1, -0.05) is 49.2 Å². The maximum absolute atomic E-state index is 12.8. The molecule has 0 bridgehead atoms. The van der Waals surface area contributed by atoms with Crippen LogP contribution >= 0.6 is 0 Å². The molecule has 2 aromatic carbocycles. The van der Waals surface area contributed by atoms with E-state index in [4.69, 9.17) is 0 Å². The summed E-state index contributed by atoms with van der Waals surface area (Å²) < 4.78 is 1.14. The lowest BCUT2D eigenvalue weighted by Crippen LogP contribution is -2.39. The molecule has 0 unspecified atom stereocenters. The number of nitrogens with one attached hydrogen (secondary N) is 2. The number of nitrogens with zero attached hydrogens (tertiary/aromatic N) is 1. The molecule has 1 fully saturated rings. The number of hydrogen-bond donors (Lipinski definition) is 2. The molecule has 0 spiro atoms. The van der Waals surface area contributed by atoms with Crippen molar-refractivity contribution >= 4 is 5.91 Å². The van der Waals surface area contributed by atoms with Gasteiger partial charge in [-0.3, -0.25) is 19.5 Å². The molecule has 6 heteroatoms. The lowest BCUT2D eigenvalue weighted by molar-refractivity contribution is 0.0943. The quantitative estimate of drug-likeness (QED) is 0.704. The fourth-order valence-corrected chi connectivity index (χ4v) is 4.16. The Labute approximate surface area is 168 Å². The molecule has 1 aliphatic carbocycles. The van der Waals surface area contributed by atoms with Crippen LogP contribution in [-0.2, 0) is 5.41 Å². The number of amides is 1. The average Bonchev–Trinajstić information content (AvgIpc) is 3.25. The number of rotatable bonds is 5. The van der Waals surface area contributed by atoms with E-state index in [0.717, 1.165) is 30.4 Å². The fourth-order valence-electron chi connectivity index (χ4n) is 4.16. The van der Waals surface area contributed by atoms with E-state index in [1.807, 2.05) is 18.2 Å². The van der Waals surface area contributed by atoms with Crippen molar-refractivity contribution in [2.75, 3.05) is 6.54 Å². The molecule has 2 N–H and O–H groups in total. The van der Waals surface area contributed by atoms with E-state index in [1.54, 1.807) is 24.3 Å². The summed E-state index contributed by atoms with van der Waals surface area (Å²) in [5, 5.41) is 5.57. The van der Waals surface area contributed by atoms with Crippen LogP contribution in [0.25, 0.3) is 5.69 Å². The molecule has 1 aliphatic rings. The first-order valence-corrected chi connectivity index (χ1v) is 9.84. The molecule has 29 heavy (non-hydrogen) atoms. The van der Waals surface area contributed by atoms with Gasteiger partial charge in [-0.2, -0.15) is 0 Å². The predicted molar refractivity (Wildman–Crippen MR) is 112 cm³/mol. The van der Waals surface area contributed by atoms with Crippen molar-refractivity contribution in [1.29, 1.82) is 0 Å². The topological polar surface area (TPSA) is 84.0 Å². The van der Waals surface area contributed by atoms with Crippen LogP contribution in [0, 0.1) is 0 Å². The number of hydrogen-bond acceptors (Lipinski definition) is 3. The standard InChI is InChI=1S/C23H23N3O3/c27-20-11-12-21(28)26(25-20)19-10-6-7-17(15-19)22(29)24-16-23(13-4-5-14-23)18-8-2-1-3-9-18/h1-3,6-12,15H,4-5,13-14,16H2,(H,24,29)(H,25,27). The van der Waals surface area contributed by atoms with E-state index in [-0.39, 0.29) is 22.4 Å². The van der Waals surface area contributed by atoms with Crippen LogP contribution in [0.2, 0.25) is 0 Å². The highest BCUT2D eigenvalue weighted by Gasteiger charge is 2.35. The number of benzene rings is 2. The van der Waals surface area contributed by atoms with Gasteiger partial charge in [-0.05, 0) is 36.6 Å². The minimum atomic E-state index is -0.384. The molecule has 4 rings (SSSR count). The second-order valence-electron chi connectivity index (χ2n) is 7.57. The fraction of sp³-hybridized carbons (Fsp3) is 0.261. The third-order valence-electron chi connectivity index (χ3n) is 5.72. The van der Waals surface area contributed by atoms with Crippen LogP contribution < -0.4 is 16.4 Å². The van der Waals surface area contributed by atoms with Crippen LogP contribution in [0.4, 0.5) is 0 Å². The number of H-pyrrole nitrogens is 1. The molecule has 1 saturated carbocycles. The van der Waals surface area contributed by atoms with E-state index in [2.05, 4.69) is 22.5 Å². The Morgan fingerprint density at radius 1 is 0.966 bits per heavy atom. The Morgan fingerprint density at radius 3 is 2.48 bits per heavy atom. The van der Waals surface area contributed by atoms with Gasteiger partial charge in [0.2, 0.25) is 0 Å². The Kier molecular flexibility index (Phi) is 5.16. The summed E-state index contributed by atoms with van der Waals surface area (Å²) in [6.07, 6.45) is 4.42. The molecule has 0 aliphatic heterocycles. The summed E-state index contributed by atoms with van der Waals surface area (Å²) in [5.41, 5.74) is 1.37. The highest BCUT2D eigenvalue weighted by Crippen LogP contribution is 2.40. The first-order chi connectivity index (χ1) is 14.1. The zero-order valence-corrected chi connectivity index (χ0v) is 16.1. The molecule has 1 aromatic heterocycles. The van der Waals surface area contributed by atoms with Crippen molar-refractivity contribution in [3.63, 3.8) is 0 Å². The Morgan fingerprint density at radius 2 is 1.72 bits per heavy atom. The SMILES string of the molecule is O=C(NCC1(c2ccccc2)CCCC1)c1cccc(-n2[nH]c(=O)ccc2=O)c1. The maximum atomic E-state index is 12.8. The third-order valence-corrected chi connectivity index (χ3v) is 5.72. The van der Waals surface area contributed by atoms with Crippen molar-refractivity contribution in [3.05, 3.63) is 98.6 Å². The number of carbonyl (C=O) groups excluding carboxylic acids is 1. The van der Waals surface area contributed by atoms with Gasteiger partial charge in [0.15, 0.2) is 0 Å². The van der Waals surface area contributed by atoms with Gasteiger partial charge in [0.05, 0.1) is 5.69 Å². The van der Waals surface area contributed by atoms with E-state index >= 15 is 0 Å². The highest BCUT2D eigenvalue weighted by atomic mass is 16.2. The van der Waals surface area contributed by atoms with Crippen LogP contribution in [0.3, 0.4) is 0 Å². The minimum Gasteiger partial charge on any atom is -0.351 e. The van der Waals surface area contributed by atoms with Gasteiger partial charge in [-0.25, -0.2) is 4.68 Å². The highest BCUT2D eigenvalue weighted by molar-refractivity contribution is 5.94. The molecule has 3 aromatic rings. The number of carbonyl (C=O) groups is 1. The van der Waals surface area contributed by atoms with Crippen LogP contribution in [0.1, 0.15) is 41.6 Å². The van der Waals surface area contributed by atoms with Crippen molar-refractivity contribution < 1.29 is 4.79 Å². The summed E-state index contributed by atoms with van der Waals surface area (Å²) in [6.45, 7) is 0.572.